The molecule has 0 radical (unpaired) electrons. The van der Waals surface area contributed by atoms with Crippen molar-refractivity contribution in [2.75, 3.05) is 11.5 Å². The lowest BCUT2D eigenvalue weighted by Crippen LogP contribution is -2.06. The molecule has 0 saturated carbocycles. The molecule has 0 amide bonds. The van der Waals surface area contributed by atoms with Crippen molar-refractivity contribution in [2.45, 2.75) is 25.7 Å². The van der Waals surface area contributed by atoms with Crippen LogP contribution in [0.5, 0.6) is 0 Å². The lowest BCUT2D eigenvalue weighted by atomic mass is 9.85. The Balaban J connectivity index is 1.74. The molecule has 0 spiro atoms. The van der Waals surface area contributed by atoms with E-state index < -0.39 is 0 Å². The van der Waals surface area contributed by atoms with E-state index >= 15 is 0 Å². The lowest BCUT2D eigenvalue weighted by molar-refractivity contribution is 0.687. The molecule has 1 aliphatic rings. The van der Waals surface area contributed by atoms with Crippen molar-refractivity contribution in [3.05, 3.63) is 59.9 Å². The van der Waals surface area contributed by atoms with Crippen molar-refractivity contribution >= 4 is 17.1 Å². The van der Waals surface area contributed by atoms with Gasteiger partial charge in [0.2, 0.25) is 0 Å². The number of fused-ring (bicyclic) bond motifs is 1. The highest BCUT2D eigenvalue weighted by atomic mass is 15.6. The summed E-state index contributed by atoms with van der Waals surface area (Å²) in [6.07, 6.45) is 8.00. The summed E-state index contributed by atoms with van der Waals surface area (Å²) in [5, 5.41) is 12.2. The predicted octanol–water partition coefficient (Wildman–Crippen LogP) is 4.14. The van der Waals surface area contributed by atoms with Crippen molar-refractivity contribution in [2.24, 2.45) is 10.3 Å². The average molecular weight is 332 g/mol. The van der Waals surface area contributed by atoms with Gasteiger partial charge in [0, 0.05) is 16.9 Å². The summed E-state index contributed by atoms with van der Waals surface area (Å²) in [4.78, 5) is 1.38. The Labute approximate surface area is 146 Å². The molecule has 0 aliphatic heterocycles. The Morgan fingerprint density at radius 3 is 2.56 bits per heavy atom. The Kier molecular flexibility index (Phi) is 3.93. The van der Waals surface area contributed by atoms with Gasteiger partial charge in [-0.1, -0.05) is 18.2 Å². The molecule has 2 aromatic carbocycles. The molecule has 0 saturated heterocycles. The predicted molar refractivity (Wildman–Crippen MR) is 99.5 cm³/mol. The first kappa shape index (κ1) is 15.4. The molecule has 1 aliphatic carbocycles. The van der Waals surface area contributed by atoms with Crippen molar-refractivity contribution in [1.29, 1.82) is 0 Å². The van der Waals surface area contributed by atoms with E-state index in [0.717, 1.165) is 24.0 Å². The fraction of sp³-hybridized carbons (Fsp3) is 0.211. The number of nitrogen functional groups attached to an aromatic ring is 2. The van der Waals surface area contributed by atoms with E-state index in [-0.39, 0.29) is 0 Å². The summed E-state index contributed by atoms with van der Waals surface area (Å²) in [5.41, 5.74) is 19.3. The Morgan fingerprint density at radius 1 is 1.00 bits per heavy atom. The minimum Gasteiger partial charge on any atom is -0.398 e. The average Bonchev–Trinajstić information content (AvgIpc) is 3.13. The standard InChI is InChI=1S/C19H20N6/c20-17-11-14(23-24-25-10-4-9-22-25)12-18(21)19(17)16-8-3-6-13-5-1-2-7-15(13)16/h3-4,6,8-12H,1-2,5,7,20-21H2/b24-23+. The summed E-state index contributed by atoms with van der Waals surface area (Å²) < 4.78 is 0. The second kappa shape index (κ2) is 6.39. The van der Waals surface area contributed by atoms with Crippen LogP contribution >= 0.6 is 0 Å². The van der Waals surface area contributed by atoms with E-state index in [0.29, 0.717) is 17.1 Å². The zero-order chi connectivity index (χ0) is 17.2. The van der Waals surface area contributed by atoms with E-state index in [4.69, 9.17) is 11.5 Å². The SMILES string of the molecule is Nc1cc(/N=N/n2cccn2)cc(N)c1-c1cccc2c1CCCC2. The van der Waals surface area contributed by atoms with Crippen LogP contribution in [-0.4, -0.2) is 9.89 Å². The molecule has 1 heterocycles. The van der Waals surface area contributed by atoms with Gasteiger partial charge in [0.15, 0.2) is 0 Å². The van der Waals surface area contributed by atoms with Gasteiger partial charge < -0.3 is 11.5 Å². The van der Waals surface area contributed by atoms with Crippen LogP contribution < -0.4 is 11.5 Å². The molecule has 0 atom stereocenters. The van der Waals surface area contributed by atoms with Gasteiger partial charge in [-0.05, 0) is 65.8 Å². The van der Waals surface area contributed by atoms with E-state index in [2.05, 4.69) is 33.6 Å². The van der Waals surface area contributed by atoms with E-state index in [1.165, 1.54) is 28.8 Å². The quantitative estimate of drug-likeness (QED) is 0.557. The number of rotatable bonds is 3. The zero-order valence-corrected chi connectivity index (χ0v) is 13.9. The maximum Gasteiger partial charge on any atom is 0.0916 e. The number of hydrogen-bond acceptors (Lipinski definition) is 5. The number of nitrogens with zero attached hydrogens (tertiary/aromatic N) is 4. The third-order valence-electron chi connectivity index (χ3n) is 4.59. The number of anilines is 2. The normalized spacial score (nSPS) is 13.9. The van der Waals surface area contributed by atoms with Crippen molar-refractivity contribution in [3.8, 4) is 11.1 Å². The van der Waals surface area contributed by atoms with Crippen molar-refractivity contribution in [3.63, 3.8) is 0 Å². The molecule has 0 unspecified atom stereocenters. The first-order chi connectivity index (χ1) is 12.2. The number of nitrogens with two attached hydrogens (primary N) is 2. The third kappa shape index (κ3) is 2.98. The topological polar surface area (TPSA) is 94.6 Å². The number of hydrogen-bond donors (Lipinski definition) is 2. The highest BCUT2D eigenvalue weighted by Gasteiger charge is 2.17. The van der Waals surface area contributed by atoms with Crippen LogP contribution in [0.1, 0.15) is 24.0 Å². The summed E-state index contributed by atoms with van der Waals surface area (Å²) >= 11 is 0. The highest BCUT2D eigenvalue weighted by molar-refractivity contribution is 5.90. The van der Waals surface area contributed by atoms with Gasteiger partial charge in [-0.15, -0.1) is 9.91 Å². The Hall–Kier alpha value is -3.15. The maximum atomic E-state index is 6.33. The minimum atomic E-state index is 0.610. The summed E-state index contributed by atoms with van der Waals surface area (Å²) in [5.74, 6) is 0. The third-order valence-corrected chi connectivity index (χ3v) is 4.59. The van der Waals surface area contributed by atoms with E-state index in [1.54, 1.807) is 30.6 Å². The highest BCUT2D eigenvalue weighted by Crippen LogP contribution is 2.40. The molecule has 126 valence electrons. The number of aromatic nitrogens is 2. The first-order valence-electron chi connectivity index (χ1n) is 8.44. The van der Waals surface area contributed by atoms with Gasteiger partial charge >= 0.3 is 0 Å². The number of benzene rings is 2. The van der Waals surface area contributed by atoms with Crippen LogP contribution in [0, 0.1) is 0 Å². The molecule has 3 aromatic rings. The number of aryl methyl sites for hydroxylation is 1. The monoisotopic (exact) mass is 332 g/mol. The van der Waals surface area contributed by atoms with Crippen LogP contribution in [0.4, 0.5) is 17.1 Å². The maximum absolute atomic E-state index is 6.33. The molecular weight excluding hydrogens is 312 g/mol. The molecule has 0 fully saturated rings. The van der Waals surface area contributed by atoms with Gasteiger partial charge in [-0.25, -0.2) is 0 Å². The van der Waals surface area contributed by atoms with E-state index in [1.807, 2.05) is 0 Å². The van der Waals surface area contributed by atoms with Crippen LogP contribution in [0.25, 0.3) is 11.1 Å². The van der Waals surface area contributed by atoms with Crippen molar-refractivity contribution in [1.82, 2.24) is 9.89 Å². The largest absolute Gasteiger partial charge is 0.398 e. The summed E-state index contributed by atoms with van der Waals surface area (Å²) in [7, 11) is 0. The molecule has 25 heavy (non-hydrogen) atoms. The second-order valence-corrected chi connectivity index (χ2v) is 6.27. The van der Waals surface area contributed by atoms with Crippen LogP contribution in [-0.2, 0) is 12.8 Å². The molecule has 1 aromatic heterocycles. The molecule has 6 nitrogen and oxygen atoms in total. The summed E-state index contributed by atoms with van der Waals surface area (Å²) in [6.45, 7) is 0. The lowest BCUT2D eigenvalue weighted by Gasteiger charge is -2.21. The van der Waals surface area contributed by atoms with Gasteiger partial charge in [0.05, 0.1) is 18.1 Å². The van der Waals surface area contributed by atoms with Crippen LogP contribution in [0.15, 0.2) is 59.1 Å². The first-order valence-corrected chi connectivity index (χ1v) is 8.44. The van der Waals surface area contributed by atoms with Crippen molar-refractivity contribution < 1.29 is 0 Å². The van der Waals surface area contributed by atoms with E-state index in [9.17, 15) is 0 Å². The van der Waals surface area contributed by atoms with Gasteiger partial charge in [-0.3, -0.25) is 0 Å². The van der Waals surface area contributed by atoms with Gasteiger partial charge in [-0.2, -0.15) is 5.10 Å². The zero-order valence-electron chi connectivity index (χ0n) is 13.9. The molecular formula is C19H20N6. The molecule has 6 heteroatoms. The van der Waals surface area contributed by atoms with Gasteiger partial charge in [0.25, 0.3) is 0 Å². The second-order valence-electron chi connectivity index (χ2n) is 6.27. The fourth-order valence-electron chi connectivity index (χ4n) is 3.47. The van der Waals surface area contributed by atoms with Gasteiger partial charge in [0.1, 0.15) is 0 Å². The smallest absolute Gasteiger partial charge is 0.0916 e. The molecule has 4 N–H and O–H groups in total. The summed E-state index contributed by atoms with van der Waals surface area (Å²) in [6, 6.07) is 11.8. The van der Waals surface area contributed by atoms with Crippen LogP contribution in [0.3, 0.4) is 0 Å². The fourth-order valence-corrected chi connectivity index (χ4v) is 3.47. The van der Waals surface area contributed by atoms with Crippen LogP contribution in [0.2, 0.25) is 0 Å². The minimum absolute atomic E-state index is 0.610. The molecule has 4 rings (SSSR count). The Morgan fingerprint density at radius 2 is 1.80 bits per heavy atom. The Bertz CT molecular complexity index is 904. The molecule has 0 bridgehead atoms.